The maximum absolute atomic E-state index is 12.6. The molecule has 2 aliphatic heterocycles. The highest BCUT2D eigenvalue weighted by atomic mass is 32.2. The number of aromatic amines is 1. The molecule has 7 nitrogen and oxygen atoms in total. The number of piperazine rings is 1. The highest BCUT2D eigenvalue weighted by Crippen LogP contribution is 2.20. The molecule has 0 radical (unpaired) electrons. The lowest BCUT2D eigenvalue weighted by Gasteiger charge is -2.37. The van der Waals surface area contributed by atoms with E-state index in [1.165, 1.54) is 0 Å². The molecule has 1 amide bonds. The van der Waals surface area contributed by atoms with Crippen molar-refractivity contribution in [2.45, 2.75) is 18.9 Å². The number of nitrogens with one attached hydrogen (secondary N) is 1. The summed E-state index contributed by atoms with van der Waals surface area (Å²) in [5, 5.41) is 7.92. The Balaban J connectivity index is 1.33. The van der Waals surface area contributed by atoms with Crippen molar-refractivity contribution < 1.29 is 13.2 Å². The van der Waals surface area contributed by atoms with Gasteiger partial charge in [0.05, 0.1) is 29.6 Å². The standard InChI is InChI=1S/C17H22N4O3S/c22-17(10-13-1-2-16-14(9-13)11-18-19-16)21-6-4-20(5-7-21)15-3-8-25(23,24)12-15/h1-2,9,11,15H,3-8,10,12H2,(H,18,19). The van der Waals surface area contributed by atoms with E-state index in [9.17, 15) is 13.2 Å². The number of amides is 1. The van der Waals surface area contributed by atoms with Crippen LogP contribution in [-0.4, -0.2) is 78.0 Å². The van der Waals surface area contributed by atoms with Crippen molar-refractivity contribution in [3.05, 3.63) is 30.0 Å². The first-order valence-electron chi connectivity index (χ1n) is 8.64. The summed E-state index contributed by atoms with van der Waals surface area (Å²) < 4.78 is 23.3. The molecular formula is C17H22N4O3S. The second-order valence-corrected chi connectivity index (χ2v) is 9.17. The number of sulfone groups is 1. The zero-order valence-corrected chi connectivity index (χ0v) is 14.8. The zero-order chi connectivity index (χ0) is 17.4. The molecule has 4 rings (SSSR count). The number of aromatic nitrogens is 2. The molecule has 1 N–H and O–H groups in total. The van der Waals surface area contributed by atoms with Crippen molar-refractivity contribution in [3.63, 3.8) is 0 Å². The van der Waals surface area contributed by atoms with E-state index in [0.717, 1.165) is 36.0 Å². The third-order valence-corrected chi connectivity index (χ3v) is 7.00. The number of carbonyl (C=O) groups is 1. The summed E-state index contributed by atoms with van der Waals surface area (Å²) in [6.45, 7) is 2.85. The van der Waals surface area contributed by atoms with Gasteiger partial charge in [0, 0.05) is 37.6 Å². The van der Waals surface area contributed by atoms with Crippen LogP contribution < -0.4 is 0 Å². The summed E-state index contributed by atoms with van der Waals surface area (Å²) in [7, 11) is -2.86. The number of hydrogen-bond donors (Lipinski definition) is 1. The van der Waals surface area contributed by atoms with E-state index in [2.05, 4.69) is 15.1 Å². The Hall–Kier alpha value is -1.93. The molecule has 25 heavy (non-hydrogen) atoms. The second-order valence-electron chi connectivity index (χ2n) is 6.94. The monoisotopic (exact) mass is 362 g/mol. The van der Waals surface area contributed by atoms with E-state index in [-0.39, 0.29) is 17.7 Å². The first-order valence-corrected chi connectivity index (χ1v) is 10.5. The summed E-state index contributed by atoms with van der Waals surface area (Å²) in [4.78, 5) is 16.7. The molecule has 0 aliphatic carbocycles. The minimum Gasteiger partial charge on any atom is -0.340 e. The molecule has 1 atom stereocenters. The summed E-state index contributed by atoms with van der Waals surface area (Å²) in [5.41, 5.74) is 1.96. The first kappa shape index (κ1) is 16.5. The predicted molar refractivity (Wildman–Crippen MR) is 95.0 cm³/mol. The van der Waals surface area contributed by atoms with Crippen LogP contribution in [0.5, 0.6) is 0 Å². The van der Waals surface area contributed by atoms with E-state index >= 15 is 0 Å². The minimum absolute atomic E-state index is 0.126. The highest BCUT2D eigenvalue weighted by Gasteiger charge is 2.34. The van der Waals surface area contributed by atoms with E-state index in [1.807, 2.05) is 23.1 Å². The Bertz CT molecular complexity index is 884. The van der Waals surface area contributed by atoms with Crippen molar-refractivity contribution in [2.75, 3.05) is 37.7 Å². The van der Waals surface area contributed by atoms with Gasteiger partial charge in [0.15, 0.2) is 9.84 Å². The molecule has 2 saturated heterocycles. The van der Waals surface area contributed by atoms with Crippen LogP contribution in [0.4, 0.5) is 0 Å². The number of nitrogens with zero attached hydrogens (tertiary/aromatic N) is 3. The summed E-state index contributed by atoms with van der Waals surface area (Å²) >= 11 is 0. The van der Waals surface area contributed by atoms with Crippen LogP contribution in [0.3, 0.4) is 0 Å². The molecule has 2 aromatic rings. The van der Waals surface area contributed by atoms with Crippen LogP contribution in [0.1, 0.15) is 12.0 Å². The molecule has 8 heteroatoms. The maximum atomic E-state index is 12.6. The molecule has 0 saturated carbocycles. The fourth-order valence-electron chi connectivity index (χ4n) is 3.79. The fourth-order valence-corrected chi connectivity index (χ4v) is 5.55. The average molecular weight is 362 g/mol. The number of fused-ring (bicyclic) bond motifs is 1. The number of rotatable bonds is 3. The van der Waals surface area contributed by atoms with Gasteiger partial charge < -0.3 is 4.90 Å². The number of hydrogen-bond acceptors (Lipinski definition) is 5. The third-order valence-electron chi connectivity index (χ3n) is 5.25. The van der Waals surface area contributed by atoms with Gasteiger partial charge in [0.2, 0.25) is 5.91 Å². The van der Waals surface area contributed by atoms with Crippen LogP contribution in [0, 0.1) is 0 Å². The smallest absolute Gasteiger partial charge is 0.227 e. The van der Waals surface area contributed by atoms with Gasteiger partial charge in [-0.15, -0.1) is 0 Å². The SMILES string of the molecule is O=C(Cc1ccc2[nH]ncc2c1)N1CCN(C2CCS(=O)(=O)C2)CC1. The maximum Gasteiger partial charge on any atom is 0.227 e. The van der Waals surface area contributed by atoms with Crippen LogP contribution in [0.15, 0.2) is 24.4 Å². The van der Waals surface area contributed by atoms with Gasteiger partial charge in [-0.1, -0.05) is 6.07 Å². The van der Waals surface area contributed by atoms with Gasteiger partial charge in [-0.2, -0.15) is 5.10 Å². The van der Waals surface area contributed by atoms with Gasteiger partial charge in [-0.25, -0.2) is 8.42 Å². The quantitative estimate of drug-likeness (QED) is 0.856. The van der Waals surface area contributed by atoms with Crippen molar-refractivity contribution in [1.82, 2.24) is 20.0 Å². The Morgan fingerprint density at radius 3 is 2.76 bits per heavy atom. The molecule has 0 spiro atoms. The van der Waals surface area contributed by atoms with Gasteiger partial charge in [-0.3, -0.25) is 14.8 Å². The van der Waals surface area contributed by atoms with Gasteiger partial charge in [0.1, 0.15) is 0 Å². The first-order chi connectivity index (χ1) is 12.0. The van der Waals surface area contributed by atoms with E-state index in [1.54, 1.807) is 6.20 Å². The second kappa shape index (κ2) is 6.42. The van der Waals surface area contributed by atoms with E-state index in [4.69, 9.17) is 0 Å². The summed E-state index contributed by atoms with van der Waals surface area (Å²) in [6.07, 6.45) is 2.87. The Labute approximate surface area is 146 Å². The normalized spacial score (nSPS) is 24.0. The van der Waals surface area contributed by atoms with Crippen LogP contribution in [0.2, 0.25) is 0 Å². The van der Waals surface area contributed by atoms with E-state index in [0.29, 0.717) is 25.3 Å². The zero-order valence-electron chi connectivity index (χ0n) is 14.0. The van der Waals surface area contributed by atoms with Crippen LogP contribution in [0.25, 0.3) is 10.9 Å². The average Bonchev–Trinajstić information content (AvgIpc) is 3.20. The van der Waals surface area contributed by atoms with Crippen molar-refractivity contribution in [3.8, 4) is 0 Å². The molecule has 134 valence electrons. The van der Waals surface area contributed by atoms with E-state index < -0.39 is 9.84 Å². The fraction of sp³-hybridized carbons (Fsp3) is 0.529. The summed E-state index contributed by atoms with van der Waals surface area (Å²) in [6, 6.07) is 6.03. The highest BCUT2D eigenvalue weighted by molar-refractivity contribution is 7.91. The molecule has 1 aromatic heterocycles. The number of benzene rings is 1. The molecule has 1 unspecified atom stereocenters. The van der Waals surface area contributed by atoms with Crippen molar-refractivity contribution >= 4 is 26.6 Å². The Kier molecular flexibility index (Phi) is 4.24. The molecule has 3 heterocycles. The topological polar surface area (TPSA) is 86.4 Å². The lowest BCUT2D eigenvalue weighted by atomic mass is 10.1. The van der Waals surface area contributed by atoms with Gasteiger partial charge in [0.25, 0.3) is 0 Å². The predicted octanol–water partition coefficient (Wildman–Crippen LogP) is 0.437. The molecule has 0 bridgehead atoms. The molecule has 2 aliphatic rings. The van der Waals surface area contributed by atoms with Gasteiger partial charge >= 0.3 is 0 Å². The van der Waals surface area contributed by atoms with Crippen molar-refractivity contribution in [2.24, 2.45) is 0 Å². The lowest BCUT2D eigenvalue weighted by molar-refractivity contribution is -0.132. The van der Waals surface area contributed by atoms with Crippen LogP contribution in [-0.2, 0) is 21.1 Å². The summed E-state index contributed by atoms with van der Waals surface area (Å²) in [5.74, 6) is 0.695. The number of carbonyl (C=O) groups excluding carboxylic acids is 1. The largest absolute Gasteiger partial charge is 0.340 e. The third kappa shape index (κ3) is 3.55. The van der Waals surface area contributed by atoms with Gasteiger partial charge in [-0.05, 0) is 24.1 Å². The Morgan fingerprint density at radius 2 is 2.04 bits per heavy atom. The van der Waals surface area contributed by atoms with Crippen LogP contribution >= 0.6 is 0 Å². The van der Waals surface area contributed by atoms with Crippen molar-refractivity contribution in [1.29, 1.82) is 0 Å². The Morgan fingerprint density at radius 1 is 1.24 bits per heavy atom. The minimum atomic E-state index is -2.86. The molecule has 1 aromatic carbocycles. The lowest BCUT2D eigenvalue weighted by Crippen LogP contribution is -2.52. The molecular weight excluding hydrogens is 340 g/mol. The molecule has 2 fully saturated rings. The number of H-pyrrole nitrogens is 1.